The van der Waals surface area contributed by atoms with Gasteiger partial charge in [0.15, 0.2) is 0 Å². The number of rotatable bonds is 7. The molecule has 3 rings (SSSR count). The molecule has 6 heteroatoms. The number of ether oxygens (including phenoxy) is 1. The Morgan fingerprint density at radius 1 is 1.30 bits per heavy atom. The van der Waals surface area contributed by atoms with Gasteiger partial charge in [-0.1, -0.05) is 29.8 Å². The van der Waals surface area contributed by atoms with Gasteiger partial charge in [0.25, 0.3) is 0 Å². The molecule has 1 fully saturated rings. The summed E-state index contributed by atoms with van der Waals surface area (Å²) >= 11 is 6.04. The van der Waals surface area contributed by atoms with E-state index in [-0.39, 0.29) is 6.03 Å². The predicted octanol–water partition coefficient (Wildman–Crippen LogP) is 4.25. The molecular weight excluding hydrogens is 362 g/mol. The Morgan fingerprint density at radius 3 is 2.89 bits per heavy atom. The van der Waals surface area contributed by atoms with E-state index in [0.29, 0.717) is 10.9 Å². The third kappa shape index (κ3) is 6.83. The number of allylic oxidation sites excluding steroid dienone is 2. The number of hydrogen-bond acceptors (Lipinski definition) is 3. The zero-order valence-corrected chi connectivity index (χ0v) is 16.7. The van der Waals surface area contributed by atoms with Gasteiger partial charge >= 0.3 is 6.03 Å². The van der Waals surface area contributed by atoms with Crippen LogP contribution in [0.15, 0.2) is 36.4 Å². The van der Waals surface area contributed by atoms with Gasteiger partial charge in [0.05, 0.1) is 13.2 Å². The molecule has 1 N–H and O–H groups in total. The minimum atomic E-state index is -0.0335. The van der Waals surface area contributed by atoms with E-state index in [0.717, 1.165) is 77.3 Å². The summed E-state index contributed by atoms with van der Waals surface area (Å²) in [5.41, 5.74) is 0.745. The van der Waals surface area contributed by atoms with Crippen molar-refractivity contribution in [2.45, 2.75) is 25.7 Å². The number of morpholine rings is 1. The molecule has 2 amide bonds. The van der Waals surface area contributed by atoms with Crippen molar-refractivity contribution in [1.29, 1.82) is 0 Å². The Kier molecular flexibility index (Phi) is 7.99. The van der Waals surface area contributed by atoms with E-state index in [4.69, 9.17) is 16.3 Å². The van der Waals surface area contributed by atoms with Crippen molar-refractivity contribution < 1.29 is 9.53 Å². The molecule has 1 saturated heterocycles. The average Bonchev–Trinajstić information content (AvgIpc) is 2.69. The minimum absolute atomic E-state index is 0.0335. The molecule has 0 bridgehead atoms. The highest BCUT2D eigenvalue weighted by Gasteiger charge is 2.20. The molecule has 5 nitrogen and oxygen atoms in total. The number of benzene rings is 1. The Hall–Kier alpha value is -1.56. The molecule has 148 valence electrons. The van der Waals surface area contributed by atoms with Gasteiger partial charge in [0.2, 0.25) is 0 Å². The lowest BCUT2D eigenvalue weighted by molar-refractivity contribution is 0.0364. The third-order valence-corrected chi connectivity index (χ3v) is 5.46. The first-order valence-electron chi connectivity index (χ1n) is 9.97. The van der Waals surface area contributed by atoms with Crippen LogP contribution in [0.2, 0.25) is 5.02 Å². The summed E-state index contributed by atoms with van der Waals surface area (Å²) in [5, 5.41) is 3.64. The quantitative estimate of drug-likeness (QED) is 0.706. The van der Waals surface area contributed by atoms with Gasteiger partial charge in [-0.25, -0.2) is 4.79 Å². The van der Waals surface area contributed by atoms with Crippen molar-refractivity contribution in [3.8, 4) is 0 Å². The van der Waals surface area contributed by atoms with E-state index in [2.05, 4.69) is 22.4 Å². The molecule has 1 aliphatic carbocycles. The van der Waals surface area contributed by atoms with Crippen LogP contribution in [0.4, 0.5) is 10.5 Å². The summed E-state index contributed by atoms with van der Waals surface area (Å²) in [6, 6.07) is 7.29. The number of anilines is 1. The summed E-state index contributed by atoms with van der Waals surface area (Å²) in [6.45, 7) is 6.18. The van der Waals surface area contributed by atoms with Crippen molar-refractivity contribution in [2.24, 2.45) is 5.92 Å². The fourth-order valence-electron chi connectivity index (χ4n) is 3.69. The topological polar surface area (TPSA) is 44.8 Å². The fraction of sp³-hybridized carbons (Fsp3) is 0.571. The molecule has 1 aromatic carbocycles. The number of carbonyl (C=O) groups is 1. The number of amides is 2. The second-order valence-corrected chi connectivity index (χ2v) is 7.78. The highest BCUT2D eigenvalue weighted by atomic mass is 35.5. The van der Waals surface area contributed by atoms with E-state index >= 15 is 0 Å². The van der Waals surface area contributed by atoms with E-state index in [1.807, 2.05) is 23.1 Å². The number of nitrogens with one attached hydrogen (secondary N) is 1. The average molecular weight is 392 g/mol. The SMILES string of the molecule is O=C(Nc1cccc(Cl)c1)N(CCCN1CCOCC1)CC1CC=CCC1. The third-order valence-electron chi connectivity index (χ3n) is 5.23. The molecule has 1 heterocycles. The van der Waals surface area contributed by atoms with E-state index in [1.54, 1.807) is 6.07 Å². The molecule has 0 saturated carbocycles. The van der Waals surface area contributed by atoms with Gasteiger partial charge in [-0.3, -0.25) is 4.90 Å². The standard InChI is InChI=1S/C21H30ClN3O2/c22-19-8-4-9-20(16-19)23-21(26)25(17-18-6-2-1-3-7-18)11-5-10-24-12-14-27-15-13-24/h1-2,4,8-9,16,18H,3,5-7,10-15,17H2,(H,23,26). The summed E-state index contributed by atoms with van der Waals surface area (Å²) in [5.74, 6) is 0.545. The molecule has 0 radical (unpaired) electrons. The number of carbonyl (C=O) groups excluding carboxylic acids is 1. The first kappa shape index (κ1) is 20.2. The van der Waals surface area contributed by atoms with Crippen LogP contribution in [0.3, 0.4) is 0 Å². The Bertz CT molecular complexity index is 632. The van der Waals surface area contributed by atoms with Crippen molar-refractivity contribution in [2.75, 3.05) is 51.3 Å². The second kappa shape index (κ2) is 10.7. The molecular formula is C21H30ClN3O2. The van der Waals surface area contributed by atoms with Crippen LogP contribution in [0.25, 0.3) is 0 Å². The van der Waals surface area contributed by atoms with Crippen molar-refractivity contribution in [1.82, 2.24) is 9.80 Å². The molecule has 1 aromatic rings. The molecule has 27 heavy (non-hydrogen) atoms. The normalized spacial score (nSPS) is 20.4. The Balaban J connectivity index is 1.55. The van der Waals surface area contributed by atoms with Crippen LogP contribution in [0, 0.1) is 5.92 Å². The summed E-state index contributed by atoms with van der Waals surface area (Å²) < 4.78 is 5.41. The second-order valence-electron chi connectivity index (χ2n) is 7.34. The van der Waals surface area contributed by atoms with Crippen LogP contribution in [0.1, 0.15) is 25.7 Å². The lowest BCUT2D eigenvalue weighted by Gasteiger charge is -2.30. The highest BCUT2D eigenvalue weighted by molar-refractivity contribution is 6.30. The molecule has 0 spiro atoms. The Labute approximate surface area is 167 Å². The van der Waals surface area contributed by atoms with Gasteiger partial charge in [0, 0.05) is 43.4 Å². The van der Waals surface area contributed by atoms with Gasteiger partial charge < -0.3 is 15.0 Å². The zero-order valence-electron chi connectivity index (χ0n) is 15.9. The molecule has 1 aliphatic heterocycles. The summed E-state index contributed by atoms with van der Waals surface area (Å²) in [7, 11) is 0. The first-order chi connectivity index (χ1) is 13.2. The maximum absolute atomic E-state index is 12.9. The summed E-state index contributed by atoms with van der Waals surface area (Å²) in [4.78, 5) is 17.3. The maximum atomic E-state index is 12.9. The zero-order chi connectivity index (χ0) is 18.9. The number of urea groups is 1. The first-order valence-corrected chi connectivity index (χ1v) is 10.3. The number of halogens is 1. The molecule has 1 atom stereocenters. The van der Waals surface area contributed by atoms with Crippen LogP contribution in [0.5, 0.6) is 0 Å². The maximum Gasteiger partial charge on any atom is 0.321 e. The van der Waals surface area contributed by atoms with Crippen molar-refractivity contribution in [3.63, 3.8) is 0 Å². The van der Waals surface area contributed by atoms with Gasteiger partial charge in [-0.15, -0.1) is 0 Å². The lowest BCUT2D eigenvalue weighted by Crippen LogP contribution is -2.42. The van der Waals surface area contributed by atoms with Crippen LogP contribution < -0.4 is 5.32 Å². The minimum Gasteiger partial charge on any atom is -0.379 e. The van der Waals surface area contributed by atoms with Crippen LogP contribution >= 0.6 is 11.6 Å². The number of nitrogens with zero attached hydrogens (tertiary/aromatic N) is 2. The monoisotopic (exact) mass is 391 g/mol. The van der Waals surface area contributed by atoms with E-state index < -0.39 is 0 Å². The lowest BCUT2D eigenvalue weighted by atomic mass is 9.94. The molecule has 1 unspecified atom stereocenters. The van der Waals surface area contributed by atoms with Gasteiger partial charge in [-0.05, 0) is 49.8 Å². The molecule has 2 aliphatic rings. The summed E-state index contributed by atoms with van der Waals surface area (Å²) in [6.07, 6.45) is 8.79. The predicted molar refractivity (Wildman–Crippen MR) is 110 cm³/mol. The van der Waals surface area contributed by atoms with Crippen molar-refractivity contribution >= 4 is 23.3 Å². The fourth-order valence-corrected chi connectivity index (χ4v) is 3.88. The van der Waals surface area contributed by atoms with E-state index in [1.165, 1.54) is 0 Å². The largest absolute Gasteiger partial charge is 0.379 e. The van der Waals surface area contributed by atoms with Crippen LogP contribution in [-0.2, 0) is 4.74 Å². The number of hydrogen-bond donors (Lipinski definition) is 1. The van der Waals surface area contributed by atoms with Crippen molar-refractivity contribution in [3.05, 3.63) is 41.4 Å². The van der Waals surface area contributed by atoms with Gasteiger partial charge in [0.1, 0.15) is 0 Å². The smallest absolute Gasteiger partial charge is 0.321 e. The molecule has 0 aromatic heterocycles. The van der Waals surface area contributed by atoms with Crippen LogP contribution in [-0.4, -0.2) is 61.8 Å². The van der Waals surface area contributed by atoms with E-state index in [9.17, 15) is 4.79 Å². The highest BCUT2D eigenvalue weighted by Crippen LogP contribution is 2.21. The Morgan fingerprint density at radius 2 is 2.15 bits per heavy atom. The van der Waals surface area contributed by atoms with Gasteiger partial charge in [-0.2, -0.15) is 0 Å².